The summed E-state index contributed by atoms with van der Waals surface area (Å²) in [7, 11) is 0. The highest BCUT2D eigenvalue weighted by Gasteiger charge is 2.07. The van der Waals surface area contributed by atoms with Crippen molar-refractivity contribution in [2.45, 2.75) is 22.7 Å². The number of imidazole rings is 1. The van der Waals surface area contributed by atoms with Crippen LogP contribution in [0.1, 0.15) is 11.1 Å². The normalized spacial score (nSPS) is 10.6. The lowest BCUT2D eigenvalue weighted by molar-refractivity contribution is 0.169. The summed E-state index contributed by atoms with van der Waals surface area (Å²) in [6.45, 7) is 2.48. The van der Waals surface area contributed by atoms with E-state index in [4.69, 9.17) is 4.74 Å². The van der Waals surface area contributed by atoms with Gasteiger partial charge in [0.2, 0.25) is 0 Å². The van der Waals surface area contributed by atoms with Crippen LogP contribution in [0.15, 0.2) is 71.0 Å². The first-order valence-electron chi connectivity index (χ1n) is 8.54. The number of nitrogens with one attached hydrogen (secondary N) is 2. The molecular formula is C20H21N3O2S2. The van der Waals surface area contributed by atoms with Crippen molar-refractivity contribution in [3.63, 3.8) is 0 Å². The molecule has 0 radical (unpaired) electrons. The number of benzene rings is 2. The van der Waals surface area contributed by atoms with Gasteiger partial charge in [0.05, 0.1) is 0 Å². The van der Waals surface area contributed by atoms with Crippen LogP contribution in [0.5, 0.6) is 0 Å². The first-order valence-corrected chi connectivity index (χ1v) is 10.5. The number of H-pyrrole nitrogens is 1. The molecule has 3 aromatic rings. The SMILES string of the molecule is Cc1c(CSc2ncc[nH]2)cccc1SCCOC(=O)Nc1ccccc1. The molecule has 0 unspecified atom stereocenters. The predicted octanol–water partition coefficient (Wildman–Crippen LogP) is 5.35. The highest BCUT2D eigenvalue weighted by Crippen LogP contribution is 2.28. The molecular weight excluding hydrogens is 378 g/mol. The number of nitrogens with zero attached hydrogens (tertiary/aromatic N) is 1. The molecule has 140 valence electrons. The summed E-state index contributed by atoms with van der Waals surface area (Å²) in [5, 5.41) is 3.63. The molecule has 0 aliphatic heterocycles. The number of para-hydroxylation sites is 1. The van der Waals surface area contributed by atoms with Crippen LogP contribution in [0.3, 0.4) is 0 Å². The second kappa shape index (κ2) is 10.1. The van der Waals surface area contributed by atoms with Gasteiger partial charge in [-0.1, -0.05) is 42.1 Å². The van der Waals surface area contributed by atoms with Crippen LogP contribution in [-0.4, -0.2) is 28.4 Å². The molecule has 0 saturated carbocycles. The lowest BCUT2D eigenvalue weighted by Gasteiger charge is -2.11. The number of rotatable bonds is 8. The number of carbonyl (C=O) groups is 1. The first kappa shape index (κ1) is 19.4. The van der Waals surface area contributed by atoms with Gasteiger partial charge < -0.3 is 9.72 Å². The van der Waals surface area contributed by atoms with Crippen LogP contribution < -0.4 is 5.32 Å². The Morgan fingerprint density at radius 2 is 2.00 bits per heavy atom. The molecule has 0 bridgehead atoms. The Bertz CT molecular complexity index is 855. The zero-order valence-electron chi connectivity index (χ0n) is 15.0. The molecule has 0 aliphatic rings. The average Bonchev–Trinajstić information content (AvgIpc) is 3.20. The van der Waals surface area contributed by atoms with Gasteiger partial charge in [-0.3, -0.25) is 5.32 Å². The van der Waals surface area contributed by atoms with Gasteiger partial charge in [0.1, 0.15) is 6.61 Å². The van der Waals surface area contributed by atoms with Crippen LogP contribution in [0.25, 0.3) is 0 Å². The molecule has 1 aromatic heterocycles. The van der Waals surface area contributed by atoms with Crippen molar-refractivity contribution in [3.05, 3.63) is 72.1 Å². The van der Waals surface area contributed by atoms with Crippen molar-refractivity contribution in [1.82, 2.24) is 9.97 Å². The highest BCUT2D eigenvalue weighted by molar-refractivity contribution is 7.99. The van der Waals surface area contributed by atoms with Crippen LogP contribution in [0.2, 0.25) is 0 Å². The molecule has 2 N–H and O–H groups in total. The monoisotopic (exact) mass is 399 g/mol. The predicted molar refractivity (Wildman–Crippen MR) is 111 cm³/mol. The summed E-state index contributed by atoms with van der Waals surface area (Å²) in [5.74, 6) is 1.57. The third kappa shape index (κ3) is 6.08. The fourth-order valence-corrected chi connectivity index (χ4v) is 4.21. The van der Waals surface area contributed by atoms with E-state index < -0.39 is 6.09 Å². The number of carbonyl (C=O) groups excluding carboxylic acids is 1. The molecule has 0 atom stereocenters. The van der Waals surface area contributed by atoms with Crippen LogP contribution in [0.4, 0.5) is 10.5 Å². The quantitative estimate of drug-likeness (QED) is 0.395. The number of amides is 1. The van der Waals surface area contributed by atoms with Crippen molar-refractivity contribution in [3.8, 4) is 0 Å². The summed E-state index contributed by atoms with van der Waals surface area (Å²) in [5.41, 5.74) is 3.27. The van der Waals surface area contributed by atoms with E-state index in [1.165, 1.54) is 16.0 Å². The topological polar surface area (TPSA) is 67.0 Å². The number of hydrogen-bond acceptors (Lipinski definition) is 5. The lowest BCUT2D eigenvalue weighted by atomic mass is 10.1. The zero-order chi connectivity index (χ0) is 18.9. The summed E-state index contributed by atoms with van der Waals surface area (Å²) < 4.78 is 5.25. The number of anilines is 1. The number of thioether (sulfide) groups is 2. The third-order valence-corrected chi connectivity index (χ3v) is 5.90. The second-order valence-corrected chi connectivity index (χ2v) is 7.80. The summed E-state index contributed by atoms with van der Waals surface area (Å²) in [4.78, 5) is 20.3. The van der Waals surface area contributed by atoms with Gasteiger partial charge in [-0.2, -0.15) is 0 Å². The maximum absolute atomic E-state index is 11.8. The molecule has 0 spiro atoms. The number of aromatic nitrogens is 2. The minimum Gasteiger partial charge on any atom is -0.448 e. The lowest BCUT2D eigenvalue weighted by Crippen LogP contribution is -2.15. The van der Waals surface area contributed by atoms with Crippen molar-refractivity contribution in [2.75, 3.05) is 17.7 Å². The number of ether oxygens (including phenoxy) is 1. The Morgan fingerprint density at radius 1 is 1.15 bits per heavy atom. The van der Waals surface area contributed by atoms with Gasteiger partial charge in [0, 0.05) is 34.5 Å². The van der Waals surface area contributed by atoms with Gasteiger partial charge in [-0.25, -0.2) is 9.78 Å². The van der Waals surface area contributed by atoms with Crippen molar-refractivity contribution >= 4 is 35.3 Å². The van der Waals surface area contributed by atoms with Gasteiger partial charge >= 0.3 is 6.09 Å². The Labute approximate surface area is 167 Å². The van der Waals surface area contributed by atoms with Gasteiger partial charge in [-0.15, -0.1) is 11.8 Å². The van der Waals surface area contributed by atoms with E-state index in [-0.39, 0.29) is 0 Å². The van der Waals surface area contributed by atoms with E-state index in [1.807, 2.05) is 36.5 Å². The maximum Gasteiger partial charge on any atom is 0.411 e. The summed E-state index contributed by atoms with van der Waals surface area (Å²) in [6, 6.07) is 15.6. The third-order valence-electron chi connectivity index (χ3n) is 3.83. The minimum atomic E-state index is -0.429. The molecule has 0 fully saturated rings. The van der Waals surface area contributed by atoms with Crippen LogP contribution in [-0.2, 0) is 10.5 Å². The van der Waals surface area contributed by atoms with E-state index >= 15 is 0 Å². The van der Waals surface area contributed by atoms with E-state index in [0.29, 0.717) is 12.4 Å². The molecule has 1 amide bonds. The van der Waals surface area contributed by atoms with Crippen molar-refractivity contribution in [1.29, 1.82) is 0 Å². The van der Waals surface area contributed by atoms with Gasteiger partial charge in [0.15, 0.2) is 5.16 Å². The molecule has 2 aromatic carbocycles. The largest absolute Gasteiger partial charge is 0.448 e. The van der Waals surface area contributed by atoms with Gasteiger partial charge in [-0.05, 0) is 36.2 Å². The fraction of sp³-hybridized carbons (Fsp3) is 0.200. The Morgan fingerprint density at radius 3 is 2.78 bits per heavy atom. The van der Waals surface area contributed by atoms with E-state index in [0.717, 1.165) is 16.6 Å². The number of aromatic amines is 1. The van der Waals surface area contributed by atoms with Crippen molar-refractivity contribution < 1.29 is 9.53 Å². The molecule has 7 heteroatoms. The molecule has 0 aliphatic carbocycles. The average molecular weight is 400 g/mol. The smallest absolute Gasteiger partial charge is 0.411 e. The Hall–Kier alpha value is -2.38. The van der Waals surface area contributed by atoms with E-state index in [2.05, 4.69) is 40.4 Å². The Kier molecular flexibility index (Phi) is 7.24. The molecule has 3 rings (SSSR count). The van der Waals surface area contributed by atoms with Crippen LogP contribution >= 0.6 is 23.5 Å². The highest BCUT2D eigenvalue weighted by atomic mass is 32.2. The molecule has 5 nitrogen and oxygen atoms in total. The minimum absolute atomic E-state index is 0.355. The fourth-order valence-electron chi connectivity index (χ4n) is 2.41. The van der Waals surface area contributed by atoms with Gasteiger partial charge in [0.25, 0.3) is 0 Å². The molecule has 1 heterocycles. The molecule has 27 heavy (non-hydrogen) atoms. The van der Waals surface area contributed by atoms with E-state index in [9.17, 15) is 4.79 Å². The molecule has 0 saturated heterocycles. The van der Waals surface area contributed by atoms with Crippen LogP contribution in [0, 0.1) is 6.92 Å². The maximum atomic E-state index is 11.8. The first-order chi connectivity index (χ1) is 13.2. The Balaban J connectivity index is 1.44. The standard InChI is InChI=1S/C20H21N3O2S2/c1-15-16(14-27-19-21-10-11-22-19)6-5-9-18(15)26-13-12-25-20(24)23-17-7-3-2-4-8-17/h2-11H,12-14H2,1H3,(H,21,22)(H,23,24). The summed E-state index contributed by atoms with van der Waals surface area (Å²) >= 11 is 3.38. The zero-order valence-corrected chi connectivity index (χ0v) is 16.6. The van der Waals surface area contributed by atoms with E-state index in [1.54, 1.807) is 29.7 Å². The number of hydrogen-bond donors (Lipinski definition) is 2. The summed E-state index contributed by atoms with van der Waals surface area (Å²) in [6.07, 6.45) is 3.16. The van der Waals surface area contributed by atoms with Crippen molar-refractivity contribution in [2.24, 2.45) is 0 Å². The second-order valence-electron chi connectivity index (χ2n) is 5.70.